The van der Waals surface area contributed by atoms with E-state index in [1.807, 2.05) is 73.9 Å². The summed E-state index contributed by atoms with van der Waals surface area (Å²) in [4.78, 5) is 16.8. The molecule has 2 aromatic heterocycles. The molecule has 0 aliphatic rings. The molecular weight excluding hydrogens is 412 g/mol. The fraction of sp³-hybridized carbons (Fsp3) is 0.227. The molecule has 0 spiro atoms. The van der Waals surface area contributed by atoms with Crippen molar-refractivity contribution < 1.29 is 9.32 Å². The molecule has 4 rings (SSSR count). The maximum Gasteiger partial charge on any atom is 0.296 e. The summed E-state index contributed by atoms with van der Waals surface area (Å²) < 4.78 is 7.30. The normalized spacial score (nSPS) is 10.9. The van der Waals surface area contributed by atoms with E-state index in [1.54, 1.807) is 0 Å². The number of hydrogen-bond donors (Lipinski definition) is 1. The Morgan fingerprint density at radius 2 is 1.90 bits per heavy atom. The molecule has 2 heterocycles. The van der Waals surface area contributed by atoms with Crippen LogP contribution in [0.15, 0.2) is 58.2 Å². The molecule has 1 N–H and O–H groups in total. The zero-order valence-corrected chi connectivity index (χ0v) is 18.3. The first-order valence-corrected chi connectivity index (χ1v) is 10.9. The zero-order chi connectivity index (χ0) is 21.8. The van der Waals surface area contributed by atoms with Gasteiger partial charge in [0.2, 0.25) is 17.6 Å². The molecule has 0 atom stereocenters. The van der Waals surface area contributed by atoms with Gasteiger partial charge in [0.05, 0.1) is 5.75 Å². The Labute approximate surface area is 184 Å². The van der Waals surface area contributed by atoms with E-state index < -0.39 is 0 Å². The summed E-state index contributed by atoms with van der Waals surface area (Å²) >= 11 is 1.31. The van der Waals surface area contributed by atoms with Crippen molar-refractivity contribution in [1.29, 1.82) is 0 Å². The van der Waals surface area contributed by atoms with Crippen molar-refractivity contribution in [3.8, 4) is 23.1 Å². The Morgan fingerprint density at radius 1 is 1.10 bits per heavy atom. The Morgan fingerprint density at radius 3 is 2.65 bits per heavy atom. The predicted molar refractivity (Wildman–Crippen MR) is 120 cm³/mol. The maximum absolute atomic E-state index is 12.3. The minimum Gasteiger partial charge on any atom is -0.330 e. The molecule has 2 aromatic carbocycles. The molecule has 9 heteroatoms. The summed E-state index contributed by atoms with van der Waals surface area (Å²) in [5.41, 5.74) is 3.90. The van der Waals surface area contributed by atoms with Crippen LogP contribution < -0.4 is 5.32 Å². The number of carbonyl (C=O) groups is 1. The third kappa shape index (κ3) is 4.83. The molecule has 0 radical (unpaired) electrons. The topological polar surface area (TPSA) is 98.7 Å². The zero-order valence-electron chi connectivity index (χ0n) is 17.5. The van der Waals surface area contributed by atoms with Crippen LogP contribution >= 0.6 is 11.8 Å². The first-order valence-electron chi connectivity index (χ1n) is 9.87. The second-order valence-corrected chi connectivity index (χ2v) is 7.99. The molecule has 8 nitrogen and oxygen atoms in total. The number of nitrogens with zero attached hydrogens (tertiary/aromatic N) is 5. The minimum absolute atomic E-state index is 0.111. The summed E-state index contributed by atoms with van der Waals surface area (Å²) in [6.07, 6.45) is 0. The van der Waals surface area contributed by atoms with Gasteiger partial charge in [-0.3, -0.25) is 9.36 Å². The first-order chi connectivity index (χ1) is 15.0. The number of amides is 1. The van der Waals surface area contributed by atoms with Crippen molar-refractivity contribution in [3.63, 3.8) is 0 Å². The molecule has 1 amide bonds. The highest BCUT2D eigenvalue weighted by Crippen LogP contribution is 2.25. The quantitative estimate of drug-likeness (QED) is 0.431. The fourth-order valence-corrected chi connectivity index (χ4v) is 3.82. The maximum atomic E-state index is 12.3. The third-order valence-electron chi connectivity index (χ3n) is 4.59. The molecule has 0 saturated carbocycles. The number of carbonyl (C=O) groups excluding carboxylic acids is 1. The average molecular weight is 435 g/mol. The number of benzene rings is 2. The summed E-state index contributed by atoms with van der Waals surface area (Å²) in [6.45, 7) is 6.59. The Bertz CT molecular complexity index is 1200. The lowest BCUT2D eigenvalue weighted by Gasteiger charge is -2.06. The number of rotatable bonds is 7. The van der Waals surface area contributed by atoms with Gasteiger partial charge in [0.15, 0.2) is 5.16 Å². The van der Waals surface area contributed by atoms with Crippen LogP contribution in [0.25, 0.3) is 23.1 Å². The van der Waals surface area contributed by atoms with E-state index in [-0.39, 0.29) is 11.7 Å². The summed E-state index contributed by atoms with van der Waals surface area (Å²) in [5, 5.41) is 16.0. The number of thioether (sulfide) groups is 1. The van der Waals surface area contributed by atoms with Crippen LogP contribution in [0.3, 0.4) is 0 Å². The summed E-state index contributed by atoms with van der Waals surface area (Å²) in [5.74, 6) is 1.37. The SMILES string of the molecule is CCn1c(SCC(=O)Nc2ccc(C)cc2)nnc1-c1nc(-c2cccc(C)c2)no1. The van der Waals surface area contributed by atoms with Crippen molar-refractivity contribution in [3.05, 3.63) is 59.7 Å². The fourth-order valence-electron chi connectivity index (χ4n) is 3.02. The number of aryl methyl sites for hydroxylation is 2. The second kappa shape index (κ2) is 9.13. The van der Waals surface area contributed by atoms with Crippen molar-refractivity contribution in [2.75, 3.05) is 11.1 Å². The van der Waals surface area contributed by atoms with Crippen LogP contribution in [0, 0.1) is 13.8 Å². The van der Waals surface area contributed by atoms with Gasteiger partial charge in [-0.05, 0) is 39.0 Å². The molecule has 4 aromatic rings. The molecule has 31 heavy (non-hydrogen) atoms. The van der Waals surface area contributed by atoms with Crippen molar-refractivity contribution in [2.24, 2.45) is 0 Å². The van der Waals surface area contributed by atoms with Crippen molar-refractivity contribution in [1.82, 2.24) is 24.9 Å². The predicted octanol–water partition coefficient (Wildman–Crippen LogP) is 4.36. The van der Waals surface area contributed by atoms with Crippen LogP contribution in [-0.4, -0.2) is 36.6 Å². The van der Waals surface area contributed by atoms with E-state index in [0.717, 1.165) is 22.4 Å². The van der Waals surface area contributed by atoms with Crippen LogP contribution in [0.1, 0.15) is 18.1 Å². The lowest BCUT2D eigenvalue weighted by Crippen LogP contribution is -2.14. The molecule has 0 unspecified atom stereocenters. The number of hydrogen-bond acceptors (Lipinski definition) is 7. The van der Waals surface area contributed by atoms with Crippen LogP contribution in [-0.2, 0) is 11.3 Å². The Kier molecular flexibility index (Phi) is 6.13. The smallest absolute Gasteiger partial charge is 0.296 e. The van der Waals surface area contributed by atoms with Crippen LogP contribution in [0.5, 0.6) is 0 Å². The molecule has 0 aliphatic heterocycles. The highest BCUT2D eigenvalue weighted by Gasteiger charge is 2.20. The van der Waals surface area contributed by atoms with Gasteiger partial charge < -0.3 is 9.84 Å². The van der Waals surface area contributed by atoms with Gasteiger partial charge in [-0.25, -0.2) is 0 Å². The van der Waals surface area contributed by atoms with E-state index >= 15 is 0 Å². The van der Waals surface area contributed by atoms with E-state index in [2.05, 4.69) is 25.7 Å². The van der Waals surface area contributed by atoms with Gasteiger partial charge in [0.25, 0.3) is 5.89 Å². The van der Waals surface area contributed by atoms with E-state index in [9.17, 15) is 4.79 Å². The number of nitrogens with one attached hydrogen (secondary N) is 1. The minimum atomic E-state index is -0.111. The van der Waals surface area contributed by atoms with Gasteiger partial charge in [-0.15, -0.1) is 10.2 Å². The van der Waals surface area contributed by atoms with E-state index in [4.69, 9.17) is 4.52 Å². The molecule has 0 aliphatic carbocycles. The largest absolute Gasteiger partial charge is 0.330 e. The molecule has 0 fully saturated rings. The van der Waals surface area contributed by atoms with Crippen LogP contribution in [0.4, 0.5) is 5.69 Å². The molecule has 0 saturated heterocycles. The third-order valence-corrected chi connectivity index (χ3v) is 5.56. The molecule has 0 bridgehead atoms. The highest BCUT2D eigenvalue weighted by atomic mass is 32.2. The van der Waals surface area contributed by atoms with Gasteiger partial charge in [0.1, 0.15) is 0 Å². The summed E-state index contributed by atoms with van der Waals surface area (Å²) in [6, 6.07) is 15.6. The second-order valence-electron chi connectivity index (χ2n) is 7.05. The van der Waals surface area contributed by atoms with Gasteiger partial charge in [-0.2, -0.15) is 4.98 Å². The average Bonchev–Trinajstić information content (AvgIpc) is 3.40. The van der Waals surface area contributed by atoms with E-state index in [1.165, 1.54) is 11.8 Å². The van der Waals surface area contributed by atoms with E-state index in [0.29, 0.717) is 29.2 Å². The van der Waals surface area contributed by atoms with Crippen molar-refractivity contribution >= 4 is 23.4 Å². The van der Waals surface area contributed by atoms with Crippen LogP contribution in [0.2, 0.25) is 0 Å². The highest BCUT2D eigenvalue weighted by molar-refractivity contribution is 7.99. The number of aromatic nitrogens is 5. The Balaban J connectivity index is 1.46. The van der Waals surface area contributed by atoms with Crippen molar-refractivity contribution in [2.45, 2.75) is 32.5 Å². The monoisotopic (exact) mass is 434 g/mol. The first kappa shape index (κ1) is 20.8. The Hall–Kier alpha value is -3.46. The number of anilines is 1. The summed E-state index contributed by atoms with van der Waals surface area (Å²) in [7, 11) is 0. The lowest BCUT2D eigenvalue weighted by atomic mass is 10.1. The lowest BCUT2D eigenvalue weighted by molar-refractivity contribution is -0.113. The van der Waals surface area contributed by atoms with Gasteiger partial charge >= 0.3 is 0 Å². The van der Waals surface area contributed by atoms with Gasteiger partial charge in [-0.1, -0.05) is 58.4 Å². The standard InChI is InChI=1S/C22H22N6O2S/c1-4-28-20(21-24-19(27-30-21)16-7-5-6-15(3)12-16)25-26-22(28)31-13-18(29)23-17-10-8-14(2)9-11-17/h5-12H,4,13H2,1-3H3,(H,23,29). The molecular formula is C22H22N6O2S. The molecule has 158 valence electrons. The van der Waals surface area contributed by atoms with Gasteiger partial charge in [0, 0.05) is 17.8 Å².